The molecular weight excluding hydrogens is 280 g/mol. The molecule has 0 unspecified atom stereocenters. The molecule has 0 saturated heterocycles. The molecule has 1 aromatic carbocycles. The second kappa shape index (κ2) is 10.2. The van der Waals surface area contributed by atoms with E-state index >= 15 is 0 Å². The molecule has 0 bridgehead atoms. The standard InChI is InChI=1S/C11H14O2.C7H4.2H2O/c1-11(2,3)8-4-5-9-10(6-8)13-7-12-9;1-3-5-7-6-4-2;;/h4-6H,7H2,1-3H3;1H,2H3;2*1H2. The zero-order valence-electron chi connectivity index (χ0n) is 13.3. The van der Waals surface area contributed by atoms with Crippen molar-refractivity contribution in [3.05, 3.63) is 23.8 Å². The van der Waals surface area contributed by atoms with E-state index in [0.717, 1.165) is 11.5 Å². The van der Waals surface area contributed by atoms with Gasteiger partial charge in [0.25, 0.3) is 0 Å². The summed E-state index contributed by atoms with van der Waals surface area (Å²) in [6.45, 7) is 8.62. The molecule has 1 heterocycles. The Bertz CT molecular complexity index is 626. The Labute approximate surface area is 132 Å². The number of benzene rings is 1. The van der Waals surface area contributed by atoms with Crippen molar-refractivity contribution in [3.8, 4) is 47.5 Å². The summed E-state index contributed by atoms with van der Waals surface area (Å²) in [4.78, 5) is 0. The number of terminal acetylenes is 1. The molecule has 0 amide bonds. The lowest BCUT2D eigenvalue weighted by molar-refractivity contribution is 0.174. The van der Waals surface area contributed by atoms with E-state index in [-0.39, 0.29) is 16.4 Å². The van der Waals surface area contributed by atoms with Crippen molar-refractivity contribution in [1.29, 1.82) is 0 Å². The molecule has 0 spiro atoms. The summed E-state index contributed by atoms with van der Waals surface area (Å²) in [5.41, 5.74) is 1.44. The molecule has 4 heteroatoms. The van der Waals surface area contributed by atoms with Crippen LogP contribution in [0.15, 0.2) is 18.2 Å². The summed E-state index contributed by atoms with van der Waals surface area (Å²) in [7, 11) is 0. The Balaban J connectivity index is 0. The van der Waals surface area contributed by atoms with Gasteiger partial charge in [-0.15, -0.1) is 6.42 Å². The first-order valence-electron chi connectivity index (χ1n) is 6.26. The summed E-state index contributed by atoms with van der Waals surface area (Å²) in [6.07, 6.45) is 4.78. The minimum absolute atomic E-state index is 0. The van der Waals surface area contributed by atoms with Gasteiger partial charge in [-0.05, 0) is 53.7 Å². The molecule has 0 atom stereocenters. The zero-order valence-corrected chi connectivity index (χ0v) is 13.3. The topological polar surface area (TPSA) is 81.5 Å². The van der Waals surface area contributed by atoms with Crippen molar-refractivity contribution >= 4 is 0 Å². The van der Waals surface area contributed by atoms with Crippen LogP contribution in [0.3, 0.4) is 0 Å². The normalized spacial score (nSPS) is 9.77. The maximum Gasteiger partial charge on any atom is 0.231 e. The van der Waals surface area contributed by atoms with Crippen LogP contribution >= 0.6 is 0 Å². The number of rotatable bonds is 0. The molecule has 1 aliphatic heterocycles. The molecule has 2 rings (SSSR count). The lowest BCUT2D eigenvalue weighted by atomic mass is 9.87. The number of ether oxygens (including phenoxy) is 2. The van der Waals surface area contributed by atoms with Crippen LogP contribution in [0.5, 0.6) is 11.5 Å². The van der Waals surface area contributed by atoms with Gasteiger partial charge >= 0.3 is 0 Å². The fourth-order valence-corrected chi connectivity index (χ4v) is 1.49. The first-order chi connectivity index (χ1) is 9.49. The number of hydrogen-bond donors (Lipinski definition) is 0. The average Bonchev–Trinajstić information content (AvgIpc) is 2.86. The van der Waals surface area contributed by atoms with E-state index in [9.17, 15) is 0 Å². The molecule has 0 aliphatic carbocycles. The fraction of sp³-hybridized carbons (Fsp3) is 0.333. The lowest BCUT2D eigenvalue weighted by Crippen LogP contribution is -2.10. The van der Waals surface area contributed by atoms with Crippen LogP contribution in [0.2, 0.25) is 0 Å². The third kappa shape index (κ3) is 6.73. The van der Waals surface area contributed by atoms with Crippen molar-refractivity contribution in [2.75, 3.05) is 6.79 Å². The number of hydrogen-bond acceptors (Lipinski definition) is 2. The van der Waals surface area contributed by atoms with Gasteiger partial charge in [0.1, 0.15) is 0 Å². The van der Waals surface area contributed by atoms with E-state index in [1.54, 1.807) is 6.92 Å². The van der Waals surface area contributed by atoms with Gasteiger partial charge in [-0.1, -0.05) is 32.8 Å². The van der Waals surface area contributed by atoms with Crippen LogP contribution in [0.1, 0.15) is 33.3 Å². The van der Waals surface area contributed by atoms with Gasteiger partial charge in [0.2, 0.25) is 6.79 Å². The van der Waals surface area contributed by atoms with Gasteiger partial charge in [-0.3, -0.25) is 0 Å². The average molecular weight is 302 g/mol. The van der Waals surface area contributed by atoms with E-state index in [1.807, 2.05) is 6.07 Å². The quantitative estimate of drug-likeness (QED) is 0.684. The van der Waals surface area contributed by atoms with Gasteiger partial charge in [0, 0.05) is 0 Å². The predicted molar refractivity (Wildman–Crippen MR) is 88.6 cm³/mol. The molecule has 1 aromatic rings. The maximum atomic E-state index is 5.31. The van der Waals surface area contributed by atoms with Crippen molar-refractivity contribution in [2.45, 2.75) is 33.1 Å². The highest BCUT2D eigenvalue weighted by atomic mass is 16.7. The molecule has 0 radical (unpaired) electrons. The molecule has 22 heavy (non-hydrogen) atoms. The third-order valence-corrected chi connectivity index (χ3v) is 2.56. The Morgan fingerprint density at radius 1 is 1.00 bits per heavy atom. The zero-order chi connectivity index (χ0) is 15.0. The molecule has 4 nitrogen and oxygen atoms in total. The lowest BCUT2D eigenvalue weighted by Gasteiger charge is -2.18. The minimum atomic E-state index is 0. The SMILES string of the molecule is C#CC#CC#CC.CC(C)(C)c1ccc2c(c1)OCO2.O.O. The van der Waals surface area contributed by atoms with Crippen LogP contribution in [0, 0.1) is 36.0 Å². The highest BCUT2D eigenvalue weighted by Crippen LogP contribution is 2.35. The first-order valence-corrected chi connectivity index (χ1v) is 6.26. The number of fused-ring (bicyclic) bond motifs is 1. The molecular formula is C18H22O4. The summed E-state index contributed by atoms with van der Waals surface area (Å²) >= 11 is 0. The van der Waals surface area contributed by atoms with E-state index in [4.69, 9.17) is 15.9 Å². The summed E-state index contributed by atoms with van der Waals surface area (Å²) in [5.74, 6) is 13.7. The molecule has 0 aromatic heterocycles. The summed E-state index contributed by atoms with van der Waals surface area (Å²) in [5, 5.41) is 0. The summed E-state index contributed by atoms with van der Waals surface area (Å²) < 4.78 is 10.6. The van der Waals surface area contributed by atoms with Gasteiger partial charge in [0.15, 0.2) is 11.5 Å². The van der Waals surface area contributed by atoms with Crippen LogP contribution in [-0.4, -0.2) is 17.7 Å². The molecule has 0 fully saturated rings. The van der Waals surface area contributed by atoms with Gasteiger partial charge in [-0.25, -0.2) is 0 Å². The monoisotopic (exact) mass is 302 g/mol. The Hall–Kier alpha value is -2.58. The summed E-state index contributed by atoms with van der Waals surface area (Å²) in [6, 6.07) is 6.12. The second-order valence-corrected chi connectivity index (χ2v) is 5.09. The van der Waals surface area contributed by atoms with Gasteiger partial charge in [-0.2, -0.15) is 0 Å². The Morgan fingerprint density at radius 3 is 2.18 bits per heavy atom. The van der Waals surface area contributed by atoms with Crippen LogP contribution in [0.25, 0.3) is 0 Å². The van der Waals surface area contributed by atoms with Crippen molar-refractivity contribution in [3.63, 3.8) is 0 Å². The highest BCUT2D eigenvalue weighted by molar-refractivity contribution is 5.46. The largest absolute Gasteiger partial charge is 0.454 e. The smallest absolute Gasteiger partial charge is 0.231 e. The van der Waals surface area contributed by atoms with Gasteiger partial charge in [0.05, 0.1) is 0 Å². The Morgan fingerprint density at radius 2 is 1.64 bits per heavy atom. The predicted octanol–water partition coefficient (Wildman–Crippen LogP) is 1.71. The van der Waals surface area contributed by atoms with Crippen molar-refractivity contribution < 1.29 is 20.4 Å². The third-order valence-electron chi connectivity index (χ3n) is 2.56. The van der Waals surface area contributed by atoms with Crippen LogP contribution < -0.4 is 9.47 Å². The fourth-order valence-electron chi connectivity index (χ4n) is 1.49. The van der Waals surface area contributed by atoms with Crippen molar-refractivity contribution in [2.24, 2.45) is 0 Å². The van der Waals surface area contributed by atoms with E-state index in [1.165, 1.54) is 5.56 Å². The first kappa shape index (κ1) is 21.7. The maximum absolute atomic E-state index is 5.31. The van der Waals surface area contributed by atoms with E-state index in [2.05, 4.69) is 62.5 Å². The molecule has 4 N–H and O–H groups in total. The van der Waals surface area contributed by atoms with Crippen molar-refractivity contribution in [1.82, 2.24) is 0 Å². The molecule has 118 valence electrons. The van der Waals surface area contributed by atoms with Crippen LogP contribution in [-0.2, 0) is 5.41 Å². The van der Waals surface area contributed by atoms with Gasteiger partial charge < -0.3 is 20.4 Å². The van der Waals surface area contributed by atoms with E-state index in [0.29, 0.717) is 6.79 Å². The highest BCUT2D eigenvalue weighted by Gasteiger charge is 2.19. The van der Waals surface area contributed by atoms with E-state index < -0.39 is 0 Å². The molecule has 1 aliphatic rings. The Kier molecular flexibility index (Phi) is 10.1. The minimum Gasteiger partial charge on any atom is -0.454 e. The second-order valence-electron chi connectivity index (χ2n) is 5.09. The van der Waals surface area contributed by atoms with Crippen LogP contribution in [0.4, 0.5) is 0 Å². The molecule has 0 saturated carbocycles.